The molecule has 0 heterocycles. The van der Waals surface area contributed by atoms with Crippen molar-refractivity contribution in [1.29, 1.82) is 0 Å². The van der Waals surface area contributed by atoms with Crippen molar-refractivity contribution in [3.8, 4) is 34.5 Å². The first-order valence-electron chi connectivity index (χ1n) is 13.0. The van der Waals surface area contributed by atoms with Crippen LogP contribution in [0.4, 0.5) is 43.9 Å². The van der Waals surface area contributed by atoms with Gasteiger partial charge in [-0.15, -0.1) is 13.2 Å². The van der Waals surface area contributed by atoms with Gasteiger partial charge in [-0.2, -0.15) is 8.78 Å². The number of alkyl halides is 5. The van der Waals surface area contributed by atoms with Gasteiger partial charge in [-0.1, -0.05) is 36.1 Å². The average Bonchev–Trinajstić information content (AvgIpc) is 2.93. The lowest BCUT2D eigenvalue weighted by Gasteiger charge is -2.20. The lowest BCUT2D eigenvalue weighted by molar-refractivity contribution is -0.276. The second kappa shape index (κ2) is 13.4. The molecule has 0 aliphatic rings. The van der Waals surface area contributed by atoms with Crippen molar-refractivity contribution in [3.05, 3.63) is 130 Å². The molecule has 0 aliphatic heterocycles. The quantitative estimate of drug-likeness (QED) is 0.109. The second-order valence-corrected chi connectivity index (χ2v) is 9.45. The van der Waals surface area contributed by atoms with Crippen LogP contribution in [0.3, 0.4) is 0 Å². The Morgan fingerprint density at radius 3 is 1.84 bits per heavy atom. The van der Waals surface area contributed by atoms with Gasteiger partial charge in [0.05, 0.1) is 5.56 Å². The number of aryl methyl sites for hydroxylation is 1. The van der Waals surface area contributed by atoms with Crippen molar-refractivity contribution < 1.29 is 53.4 Å². The molecule has 4 rings (SSSR count). The van der Waals surface area contributed by atoms with Crippen molar-refractivity contribution in [1.82, 2.24) is 0 Å². The van der Waals surface area contributed by atoms with Crippen LogP contribution < -0.4 is 9.47 Å². The first-order chi connectivity index (χ1) is 21.2. The minimum absolute atomic E-state index is 0.0995. The molecule has 0 radical (unpaired) electrons. The number of halogens is 10. The molecule has 4 aromatic rings. The highest BCUT2D eigenvalue weighted by atomic mass is 19.4. The SMILES string of the molecule is C/C=C/CCc1cc(F)c(C(F)(F)Oc2ccc(C#Cc3ccc(-c4cc(F)c(OC(F)(F)F)c(F)c4)cc3)c(F)c2)c(F)c1. The minimum Gasteiger partial charge on any atom is -0.429 e. The predicted molar refractivity (Wildman–Crippen MR) is 145 cm³/mol. The Bertz CT molecular complexity index is 1740. The van der Waals surface area contributed by atoms with E-state index in [1.807, 2.05) is 0 Å². The lowest BCUT2D eigenvalue weighted by atomic mass is 10.0. The maximum Gasteiger partial charge on any atom is 0.573 e. The van der Waals surface area contributed by atoms with Gasteiger partial charge in [0.2, 0.25) is 5.75 Å². The summed E-state index contributed by atoms with van der Waals surface area (Å²) in [5, 5.41) is 0. The molecule has 0 amide bonds. The molecule has 0 unspecified atom stereocenters. The fourth-order valence-corrected chi connectivity index (χ4v) is 4.15. The molecular formula is C33H20F10O2. The molecule has 0 saturated heterocycles. The van der Waals surface area contributed by atoms with Gasteiger partial charge in [-0.3, -0.25) is 0 Å². The summed E-state index contributed by atoms with van der Waals surface area (Å²) in [5.74, 6) is -4.54. The lowest BCUT2D eigenvalue weighted by Crippen LogP contribution is -2.25. The summed E-state index contributed by atoms with van der Waals surface area (Å²) < 4.78 is 146. The molecule has 2 nitrogen and oxygen atoms in total. The molecule has 4 aromatic carbocycles. The van der Waals surface area contributed by atoms with Gasteiger partial charge in [0.15, 0.2) is 11.6 Å². The number of hydrogen-bond acceptors (Lipinski definition) is 2. The topological polar surface area (TPSA) is 18.5 Å². The van der Waals surface area contributed by atoms with Gasteiger partial charge in [0.25, 0.3) is 0 Å². The fraction of sp³-hybridized carbons (Fsp3) is 0.152. The Balaban J connectivity index is 1.48. The number of allylic oxidation sites excluding steroid dienone is 2. The molecule has 12 heteroatoms. The number of rotatable bonds is 8. The van der Waals surface area contributed by atoms with Gasteiger partial charge in [0.1, 0.15) is 28.8 Å². The zero-order valence-electron chi connectivity index (χ0n) is 23.0. The third kappa shape index (κ3) is 8.38. The van der Waals surface area contributed by atoms with Crippen molar-refractivity contribution in [2.75, 3.05) is 0 Å². The van der Waals surface area contributed by atoms with E-state index < -0.39 is 58.6 Å². The van der Waals surface area contributed by atoms with E-state index in [1.165, 1.54) is 24.3 Å². The van der Waals surface area contributed by atoms with Crippen molar-refractivity contribution in [2.24, 2.45) is 0 Å². The summed E-state index contributed by atoms with van der Waals surface area (Å²) >= 11 is 0. The monoisotopic (exact) mass is 638 g/mol. The van der Waals surface area contributed by atoms with Crippen molar-refractivity contribution in [3.63, 3.8) is 0 Å². The van der Waals surface area contributed by atoms with E-state index in [1.54, 1.807) is 19.1 Å². The molecule has 234 valence electrons. The zero-order chi connectivity index (χ0) is 32.9. The maximum atomic E-state index is 14.7. The van der Waals surface area contributed by atoms with Gasteiger partial charge in [0, 0.05) is 11.6 Å². The average molecular weight is 639 g/mol. The molecule has 0 saturated carbocycles. The normalized spacial score (nSPS) is 11.8. The highest BCUT2D eigenvalue weighted by Gasteiger charge is 2.41. The molecule has 45 heavy (non-hydrogen) atoms. The summed E-state index contributed by atoms with van der Waals surface area (Å²) in [6.45, 7) is 1.76. The molecule has 0 aliphatic carbocycles. The van der Waals surface area contributed by atoms with Crippen molar-refractivity contribution >= 4 is 0 Å². The number of ether oxygens (including phenoxy) is 2. The van der Waals surface area contributed by atoms with Gasteiger partial charge >= 0.3 is 12.5 Å². The number of benzene rings is 4. The third-order valence-electron chi connectivity index (χ3n) is 6.19. The molecule has 0 spiro atoms. The summed E-state index contributed by atoms with van der Waals surface area (Å²) in [4.78, 5) is 0. The number of hydrogen-bond donors (Lipinski definition) is 0. The Morgan fingerprint density at radius 1 is 0.667 bits per heavy atom. The van der Waals surface area contributed by atoms with Gasteiger partial charge in [-0.05, 0) is 85.0 Å². The Morgan fingerprint density at radius 2 is 1.29 bits per heavy atom. The highest BCUT2D eigenvalue weighted by molar-refractivity contribution is 5.66. The summed E-state index contributed by atoms with van der Waals surface area (Å²) in [6, 6.07) is 10.8. The molecule has 0 N–H and O–H groups in total. The summed E-state index contributed by atoms with van der Waals surface area (Å²) in [6.07, 6.45) is -5.61. The van der Waals surface area contributed by atoms with E-state index in [0.29, 0.717) is 24.6 Å². The Labute approximate surface area is 250 Å². The van der Waals surface area contributed by atoms with E-state index in [-0.39, 0.29) is 34.2 Å². The van der Waals surface area contributed by atoms with E-state index in [2.05, 4.69) is 21.3 Å². The van der Waals surface area contributed by atoms with E-state index in [9.17, 15) is 43.9 Å². The standard InChI is InChI=1S/C33H20F10O2/c1-2-3-4-5-20-14-26(35)30(27(36)15-20)32(39,40)44-24-13-12-22(25(34)18-24)11-8-19-6-9-21(10-7-19)23-16-28(37)31(29(38)17-23)45-33(41,42)43/h2-3,6-7,9-10,12-18H,4-5H2,1H3/b3-2+. The highest BCUT2D eigenvalue weighted by Crippen LogP contribution is 2.36. The van der Waals surface area contributed by atoms with E-state index in [4.69, 9.17) is 0 Å². The van der Waals surface area contributed by atoms with Crippen LogP contribution in [0.1, 0.15) is 35.6 Å². The fourth-order valence-electron chi connectivity index (χ4n) is 4.15. The third-order valence-corrected chi connectivity index (χ3v) is 6.19. The van der Waals surface area contributed by atoms with E-state index in [0.717, 1.165) is 24.3 Å². The van der Waals surface area contributed by atoms with Crippen LogP contribution in [0.15, 0.2) is 78.9 Å². The van der Waals surface area contributed by atoms with Crippen LogP contribution in [-0.2, 0) is 12.5 Å². The molecular weight excluding hydrogens is 618 g/mol. The smallest absolute Gasteiger partial charge is 0.429 e. The first-order valence-corrected chi connectivity index (χ1v) is 13.0. The van der Waals surface area contributed by atoms with Crippen LogP contribution in [0, 0.1) is 40.9 Å². The minimum atomic E-state index is -5.29. The summed E-state index contributed by atoms with van der Waals surface area (Å²) in [5.41, 5.74) is -1.31. The largest absolute Gasteiger partial charge is 0.573 e. The molecule has 0 fully saturated rings. The van der Waals surface area contributed by atoms with E-state index >= 15 is 0 Å². The second-order valence-electron chi connectivity index (χ2n) is 9.45. The Kier molecular flexibility index (Phi) is 9.81. The van der Waals surface area contributed by atoms with Crippen LogP contribution in [0.5, 0.6) is 11.5 Å². The Hall–Kier alpha value is -4.92. The van der Waals surface area contributed by atoms with Crippen molar-refractivity contribution in [2.45, 2.75) is 32.2 Å². The molecule has 0 bridgehead atoms. The first kappa shape index (κ1) is 33.0. The molecule has 0 aromatic heterocycles. The predicted octanol–water partition coefficient (Wildman–Crippen LogP) is 9.98. The van der Waals surface area contributed by atoms with Crippen LogP contribution >= 0.6 is 0 Å². The van der Waals surface area contributed by atoms with Crippen LogP contribution in [-0.4, -0.2) is 6.36 Å². The van der Waals surface area contributed by atoms with Crippen LogP contribution in [0.2, 0.25) is 0 Å². The zero-order valence-corrected chi connectivity index (χ0v) is 23.0. The molecule has 0 atom stereocenters. The van der Waals surface area contributed by atoms with Gasteiger partial charge in [-0.25, -0.2) is 22.0 Å². The summed E-state index contributed by atoms with van der Waals surface area (Å²) in [7, 11) is 0. The van der Waals surface area contributed by atoms with Crippen LogP contribution in [0.25, 0.3) is 11.1 Å². The maximum absolute atomic E-state index is 14.7. The van der Waals surface area contributed by atoms with Gasteiger partial charge < -0.3 is 9.47 Å².